The van der Waals surface area contributed by atoms with Crippen molar-refractivity contribution in [2.45, 2.75) is 37.1 Å². The zero-order chi connectivity index (χ0) is 18.6. The summed E-state index contributed by atoms with van der Waals surface area (Å²) in [5, 5.41) is 13.0. The maximum absolute atomic E-state index is 12.5. The zero-order valence-electron chi connectivity index (χ0n) is 14.8. The average Bonchev–Trinajstić information content (AvgIpc) is 3.44. The summed E-state index contributed by atoms with van der Waals surface area (Å²) in [7, 11) is 0. The lowest BCUT2D eigenvalue weighted by Gasteiger charge is -2.12. The molecule has 0 saturated carbocycles. The SMILES string of the molecule is O=C(CSc1n[nH]c(=O)n1C[C@@H]1CCCO1)N1CCC(c2ccccc2)=N1. The van der Waals surface area contributed by atoms with Gasteiger partial charge in [0.25, 0.3) is 5.91 Å². The first-order valence-corrected chi connectivity index (χ1v) is 10.0. The highest BCUT2D eigenvalue weighted by Crippen LogP contribution is 2.20. The highest BCUT2D eigenvalue weighted by atomic mass is 32.2. The van der Waals surface area contributed by atoms with Crippen LogP contribution in [0.3, 0.4) is 0 Å². The Kier molecular flexibility index (Phi) is 5.40. The van der Waals surface area contributed by atoms with Crippen molar-refractivity contribution in [2.75, 3.05) is 18.9 Å². The fraction of sp³-hybridized carbons (Fsp3) is 0.444. The molecule has 0 radical (unpaired) electrons. The van der Waals surface area contributed by atoms with Crippen molar-refractivity contribution in [2.24, 2.45) is 5.10 Å². The van der Waals surface area contributed by atoms with Crippen LogP contribution in [0.1, 0.15) is 24.8 Å². The summed E-state index contributed by atoms with van der Waals surface area (Å²) in [5.41, 5.74) is 1.69. The Morgan fingerprint density at radius 1 is 1.33 bits per heavy atom. The van der Waals surface area contributed by atoms with Crippen LogP contribution < -0.4 is 5.69 Å². The molecule has 9 heteroatoms. The molecule has 0 bridgehead atoms. The van der Waals surface area contributed by atoms with Crippen LogP contribution in [0.25, 0.3) is 0 Å². The average molecular weight is 387 g/mol. The Bertz CT molecular complexity index is 886. The molecule has 1 N–H and O–H groups in total. The fourth-order valence-electron chi connectivity index (χ4n) is 3.24. The number of hydrogen-bond donors (Lipinski definition) is 1. The number of hydrogen-bond acceptors (Lipinski definition) is 6. The van der Waals surface area contributed by atoms with E-state index < -0.39 is 0 Å². The number of thioether (sulfide) groups is 1. The number of rotatable bonds is 6. The number of benzene rings is 1. The summed E-state index contributed by atoms with van der Waals surface area (Å²) in [6, 6.07) is 9.87. The van der Waals surface area contributed by atoms with Crippen LogP contribution in [-0.2, 0) is 16.1 Å². The molecule has 142 valence electrons. The summed E-state index contributed by atoms with van der Waals surface area (Å²) >= 11 is 1.25. The fourth-order valence-corrected chi connectivity index (χ4v) is 4.06. The number of ether oxygens (including phenoxy) is 1. The first-order valence-electron chi connectivity index (χ1n) is 9.03. The number of nitrogens with one attached hydrogen (secondary N) is 1. The van der Waals surface area contributed by atoms with E-state index in [0.29, 0.717) is 18.2 Å². The predicted octanol–water partition coefficient (Wildman–Crippen LogP) is 1.48. The van der Waals surface area contributed by atoms with Gasteiger partial charge in [-0.25, -0.2) is 14.9 Å². The lowest BCUT2D eigenvalue weighted by Crippen LogP contribution is -2.27. The topological polar surface area (TPSA) is 92.6 Å². The van der Waals surface area contributed by atoms with E-state index in [1.165, 1.54) is 16.8 Å². The van der Waals surface area contributed by atoms with Crippen molar-refractivity contribution in [3.63, 3.8) is 0 Å². The highest BCUT2D eigenvalue weighted by molar-refractivity contribution is 7.99. The van der Waals surface area contributed by atoms with E-state index in [0.717, 1.165) is 37.1 Å². The van der Waals surface area contributed by atoms with Crippen molar-refractivity contribution in [3.05, 3.63) is 46.4 Å². The third-order valence-electron chi connectivity index (χ3n) is 4.65. The largest absolute Gasteiger partial charge is 0.376 e. The van der Waals surface area contributed by atoms with Gasteiger partial charge in [0, 0.05) is 13.0 Å². The second-order valence-electron chi connectivity index (χ2n) is 6.53. The molecule has 1 amide bonds. The Morgan fingerprint density at radius 2 is 2.19 bits per heavy atom. The Hall–Kier alpha value is -2.39. The molecular weight excluding hydrogens is 366 g/mol. The Morgan fingerprint density at radius 3 is 2.96 bits per heavy atom. The Labute approximate surface area is 160 Å². The van der Waals surface area contributed by atoms with Gasteiger partial charge < -0.3 is 4.74 Å². The van der Waals surface area contributed by atoms with E-state index in [1.54, 1.807) is 4.57 Å². The van der Waals surface area contributed by atoms with Gasteiger partial charge in [-0.2, -0.15) is 5.10 Å². The summed E-state index contributed by atoms with van der Waals surface area (Å²) < 4.78 is 7.15. The van der Waals surface area contributed by atoms with Crippen molar-refractivity contribution in [3.8, 4) is 0 Å². The van der Waals surface area contributed by atoms with Crippen molar-refractivity contribution in [1.82, 2.24) is 19.8 Å². The predicted molar refractivity (Wildman–Crippen MR) is 102 cm³/mol. The second-order valence-corrected chi connectivity index (χ2v) is 7.47. The van der Waals surface area contributed by atoms with E-state index in [2.05, 4.69) is 15.3 Å². The van der Waals surface area contributed by atoms with Gasteiger partial charge >= 0.3 is 5.69 Å². The normalized spacial score (nSPS) is 19.5. The van der Waals surface area contributed by atoms with Crippen molar-refractivity contribution < 1.29 is 9.53 Å². The van der Waals surface area contributed by atoms with Gasteiger partial charge in [0.1, 0.15) is 0 Å². The molecular formula is C18H21N5O3S. The van der Waals surface area contributed by atoms with Gasteiger partial charge in [-0.1, -0.05) is 42.1 Å². The standard InChI is InChI=1S/C18H21N5O3S/c24-16(23-9-8-15(21-23)13-5-2-1-3-6-13)12-27-18-20-19-17(25)22(18)11-14-7-4-10-26-14/h1-3,5-6,14H,4,7-12H2,(H,19,25)/t14-/m0/s1. The molecule has 0 spiro atoms. The highest BCUT2D eigenvalue weighted by Gasteiger charge is 2.23. The van der Waals surface area contributed by atoms with Crippen molar-refractivity contribution in [1.29, 1.82) is 0 Å². The van der Waals surface area contributed by atoms with Crippen LogP contribution in [0.15, 0.2) is 45.4 Å². The molecule has 1 fully saturated rings. The van der Waals surface area contributed by atoms with Gasteiger partial charge in [0.15, 0.2) is 5.16 Å². The van der Waals surface area contributed by atoms with Crippen LogP contribution in [0, 0.1) is 0 Å². The van der Waals surface area contributed by atoms with Crippen LogP contribution in [-0.4, -0.2) is 56.4 Å². The van der Waals surface area contributed by atoms with E-state index in [-0.39, 0.29) is 23.5 Å². The van der Waals surface area contributed by atoms with E-state index in [9.17, 15) is 9.59 Å². The molecule has 1 atom stereocenters. The van der Waals surface area contributed by atoms with E-state index in [1.807, 2.05) is 30.3 Å². The van der Waals surface area contributed by atoms with Gasteiger partial charge in [-0.15, -0.1) is 5.10 Å². The molecule has 27 heavy (non-hydrogen) atoms. The van der Waals surface area contributed by atoms with Gasteiger partial charge in [-0.3, -0.25) is 9.36 Å². The van der Waals surface area contributed by atoms with Crippen LogP contribution in [0.4, 0.5) is 0 Å². The van der Waals surface area contributed by atoms with Gasteiger partial charge in [0.2, 0.25) is 0 Å². The maximum Gasteiger partial charge on any atom is 0.344 e. The van der Waals surface area contributed by atoms with E-state index >= 15 is 0 Å². The van der Waals surface area contributed by atoms with E-state index in [4.69, 9.17) is 4.74 Å². The van der Waals surface area contributed by atoms with Gasteiger partial charge in [0.05, 0.1) is 30.7 Å². The third kappa shape index (κ3) is 4.14. The molecule has 0 unspecified atom stereocenters. The molecule has 0 aliphatic carbocycles. The van der Waals surface area contributed by atoms with Crippen LogP contribution >= 0.6 is 11.8 Å². The first kappa shape index (κ1) is 18.0. The van der Waals surface area contributed by atoms with Crippen LogP contribution in [0.2, 0.25) is 0 Å². The van der Waals surface area contributed by atoms with Crippen LogP contribution in [0.5, 0.6) is 0 Å². The second kappa shape index (κ2) is 8.10. The molecule has 1 saturated heterocycles. The number of carbonyl (C=O) groups excluding carboxylic acids is 1. The number of aromatic nitrogens is 3. The minimum Gasteiger partial charge on any atom is -0.376 e. The Balaban J connectivity index is 1.37. The molecule has 4 rings (SSSR count). The zero-order valence-corrected chi connectivity index (χ0v) is 15.7. The molecule has 1 aromatic heterocycles. The summed E-state index contributed by atoms with van der Waals surface area (Å²) in [6.45, 7) is 1.77. The molecule has 1 aromatic carbocycles. The third-order valence-corrected chi connectivity index (χ3v) is 5.62. The minimum atomic E-state index is -0.272. The number of nitrogens with zero attached hydrogens (tertiary/aromatic N) is 4. The van der Waals surface area contributed by atoms with Gasteiger partial charge in [-0.05, 0) is 18.4 Å². The number of hydrazone groups is 1. The number of amides is 1. The molecule has 2 aliphatic rings. The monoisotopic (exact) mass is 387 g/mol. The lowest BCUT2D eigenvalue weighted by molar-refractivity contribution is -0.127. The minimum absolute atomic E-state index is 0.0342. The quantitative estimate of drug-likeness (QED) is 0.758. The molecule has 2 aromatic rings. The molecule has 2 aliphatic heterocycles. The summed E-state index contributed by atoms with van der Waals surface area (Å²) in [6.07, 6.45) is 2.72. The number of aromatic amines is 1. The lowest BCUT2D eigenvalue weighted by atomic mass is 10.1. The summed E-state index contributed by atoms with van der Waals surface area (Å²) in [4.78, 5) is 24.5. The maximum atomic E-state index is 12.5. The summed E-state index contributed by atoms with van der Waals surface area (Å²) in [5.74, 6) is 0.0894. The molecule has 3 heterocycles. The van der Waals surface area contributed by atoms with Crippen molar-refractivity contribution >= 4 is 23.4 Å². The number of carbonyl (C=O) groups is 1. The molecule has 8 nitrogen and oxygen atoms in total. The number of H-pyrrole nitrogens is 1. The smallest absolute Gasteiger partial charge is 0.344 e. The first-order chi connectivity index (χ1) is 13.2.